The van der Waals surface area contributed by atoms with Crippen LogP contribution in [0.4, 0.5) is 11.5 Å². The van der Waals surface area contributed by atoms with Gasteiger partial charge in [-0.1, -0.05) is 43.0 Å². The van der Waals surface area contributed by atoms with E-state index in [0.29, 0.717) is 12.4 Å². The molecule has 2 N–H and O–H groups in total. The van der Waals surface area contributed by atoms with E-state index in [-0.39, 0.29) is 11.8 Å². The second-order valence-electron chi connectivity index (χ2n) is 9.47. The van der Waals surface area contributed by atoms with Crippen molar-refractivity contribution in [2.24, 2.45) is 5.92 Å². The zero-order valence-electron chi connectivity index (χ0n) is 19.8. The van der Waals surface area contributed by atoms with E-state index < -0.39 is 0 Å². The van der Waals surface area contributed by atoms with Crippen molar-refractivity contribution in [2.75, 3.05) is 29.9 Å². The molecule has 4 heterocycles. The fraction of sp³-hybridized carbons (Fsp3) is 0.286. The molecule has 4 aromatic rings. The van der Waals surface area contributed by atoms with E-state index in [9.17, 15) is 4.79 Å². The Bertz CT molecular complexity index is 1330. The third-order valence-electron chi connectivity index (χ3n) is 7.26. The number of para-hydroxylation sites is 2. The Morgan fingerprint density at radius 3 is 2.54 bits per heavy atom. The summed E-state index contributed by atoms with van der Waals surface area (Å²) in [6.07, 6.45) is 1.71. The molecular formula is C28H30N6O. The van der Waals surface area contributed by atoms with Crippen molar-refractivity contribution in [3.05, 3.63) is 84.7 Å². The van der Waals surface area contributed by atoms with E-state index in [1.807, 2.05) is 28.9 Å². The summed E-state index contributed by atoms with van der Waals surface area (Å²) in [7, 11) is 0. The maximum atomic E-state index is 13.0. The molecule has 0 bridgehead atoms. The summed E-state index contributed by atoms with van der Waals surface area (Å²) in [6.45, 7) is 8.45. The van der Waals surface area contributed by atoms with Crippen molar-refractivity contribution < 1.29 is 4.79 Å². The SMILES string of the molecule is C=C(c1cc2ccccc2[nH]1)N1CCn2nc(NC(=O)C3CCN(c4ccccc4)CC3)cc2C1. The molecule has 178 valence electrons. The third kappa shape index (κ3) is 4.30. The number of carbonyl (C=O) groups is 1. The Hall–Kier alpha value is -4.00. The highest BCUT2D eigenvalue weighted by atomic mass is 16.2. The average Bonchev–Trinajstić information content (AvgIpc) is 3.52. The summed E-state index contributed by atoms with van der Waals surface area (Å²) in [5.41, 5.74) is 5.44. The van der Waals surface area contributed by atoms with Crippen LogP contribution in [0, 0.1) is 5.92 Å². The number of aromatic nitrogens is 3. The van der Waals surface area contributed by atoms with Gasteiger partial charge in [0, 0.05) is 48.2 Å². The van der Waals surface area contributed by atoms with Crippen LogP contribution < -0.4 is 10.2 Å². The summed E-state index contributed by atoms with van der Waals surface area (Å²) in [4.78, 5) is 21.1. The molecule has 35 heavy (non-hydrogen) atoms. The number of hydrogen-bond donors (Lipinski definition) is 2. The highest BCUT2D eigenvalue weighted by molar-refractivity contribution is 5.92. The zero-order chi connectivity index (χ0) is 23.8. The molecule has 2 aliphatic heterocycles. The van der Waals surface area contributed by atoms with Gasteiger partial charge in [0.15, 0.2) is 5.82 Å². The van der Waals surface area contributed by atoms with Crippen molar-refractivity contribution in [3.8, 4) is 0 Å². The monoisotopic (exact) mass is 466 g/mol. The van der Waals surface area contributed by atoms with Crippen LogP contribution in [0.1, 0.15) is 24.2 Å². The van der Waals surface area contributed by atoms with Gasteiger partial charge >= 0.3 is 0 Å². The molecule has 0 spiro atoms. The molecule has 0 atom stereocenters. The molecule has 0 aliphatic carbocycles. The fourth-order valence-corrected chi connectivity index (χ4v) is 5.22. The van der Waals surface area contributed by atoms with Gasteiger partial charge in [0.2, 0.25) is 5.91 Å². The molecule has 2 aromatic carbocycles. The van der Waals surface area contributed by atoms with Crippen LogP contribution in [0.25, 0.3) is 16.6 Å². The number of carbonyl (C=O) groups excluding carboxylic acids is 1. The average molecular weight is 467 g/mol. The first-order valence-electron chi connectivity index (χ1n) is 12.3. The summed E-state index contributed by atoms with van der Waals surface area (Å²) < 4.78 is 2.00. The van der Waals surface area contributed by atoms with E-state index >= 15 is 0 Å². The number of anilines is 2. The van der Waals surface area contributed by atoms with Crippen LogP contribution >= 0.6 is 0 Å². The molecule has 1 fully saturated rings. The lowest BCUT2D eigenvalue weighted by Gasteiger charge is -2.32. The van der Waals surface area contributed by atoms with Gasteiger partial charge < -0.3 is 20.1 Å². The Balaban J connectivity index is 1.07. The molecule has 7 heteroatoms. The quantitative estimate of drug-likeness (QED) is 0.447. The maximum Gasteiger partial charge on any atom is 0.228 e. The van der Waals surface area contributed by atoms with E-state index in [4.69, 9.17) is 0 Å². The molecule has 2 aliphatic rings. The Kier molecular flexibility index (Phi) is 5.52. The maximum absolute atomic E-state index is 13.0. The molecule has 7 nitrogen and oxygen atoms in total. The first-order valence-corrected chi connectivity index (χ1v) is 12.3. The Morgan fingerprint density at radius 2 is 1.74 bits per heavy atom. The molecule has 1 saturated heterocycles. The highest BCUT2D eigenvalue weighted by Gasteiger charge is 2.27. The number of aromatic amines is 1. The molecule has 0 unspecified atom stereocenters. The minimum Gasteiger partial charge on any atom is -0.371 e. The number of hydrogen-bond acceptors (Lipinski definition) is 4. The minimum absolute atomic E-state index is 0.0203. The van der Waals surface area contributed by atoms with Gasteiger partial charge in [-0.3, -0.25) is 9.48 Å². The van der Waals surface area contributed by atoms with Gasteiger partial charge in [-0.15, -0.1) is 0 Å². The number of piperidine rings is 1. The lowest BCUT2D eigenvalue weighted by Crippen LogP contribution is -2.38. The Morgan fingerprint density at radius 1 is 0.971 bits per heavy atom. The summed E-state index contributed by atoms with van der Waals surface area (Å²) >= 11 is 0. The van der Waals surface area contributed by atoms with Gasteiger partial charge in [-0.25, -0.2) is 0 Å². The highest BCUT2D eigenvalue weighted by Crippen LogP contribution is 2.28. The summed E-state index contributed by atoms with van der Waals surface area (Å²) in [6, 6.07) is 22.8. The van der Waals surface area contributed by atoms with Crippen molar-refractivity contribution in [2.45, 2.75) is 25.9 Å². The van der Waals surface area contributed by atoms with Crippen LogP contribution in [-0.2, 0) is 17.9 Å². The van der Waals surface area contributed by atoms with Crippen molar-refractivity contribution >= 4 is 34.0 Å². The second-order valence-corrected chi connectivity index (χ2v) is 9.47. The van der Waals surface area contributed by atoms with E-state index in [1.165, 1.54) is 11.1 Å². The largest absolute Gasteiger partial charge is 0.371 e. The Labute approximate surface area is 205 Å². The van der Waals surface area contributed by atoms with Gasteiger partial charge in [-0.05, 0) is 37.1 Å². The lowest BCUT2D eigenvalue weighted by molar-refractivity contribution is -0.120. The van der Waals surface area contributed by atoms with E-state index in [0.717, 1.165) is 61.6 Å². The predicted molar refractivity (Wildman–Crippen MR) is 140 cm³/mol. The predicted octanol–water partition coefficient (Wildman–Crippen LogP) is 4.71. The smallest absolute Gasteiger partial charge is 0.228 e. The van der Waals surface area contributed by atoms with Crippen molar-refractivity contribution in [1.29, 1.82) is 0 Å². The molecule has 0 radical (unpaired) electrons. The summed E-state index contributed by atoms with van der Waals surface area (Å²) in [5.74, 6) is 0.744. The third-order valence-corrected chi connectivity index (χ3v) is 7.26. The number of amides is 1. The molecular weight excluding hydrogens is 436 g/mol. The van der Waals surface area contributed by atoms with Crippen molar-refractivity contribution in [1.82, 2.24) is 19.7 Å². The minimum atomic E-state index is 0.0203. The summed E-state index contributed by atoms with van der Waals surface area (Å²) in [5, 5.41) is 8.93. The number of nitrogens with zero attached hydrogens (tertiary/aromatic N) is 4. The molecule has 0 saturated carbocycles. The standard InChI is InChI=1S/C28H30N6O/c1-20(26-17-22-7-5-6-10-25(22)29-26)33-15-16-34-24(19-33)18-27(31-34)30-28(35)21-11-13-32(14-12-21)23-8-3-2-4-9-23/h2-10,17-18,21,29H,1,11-16,19H2,(H,30,31,35). The van der Waals surface area contributed by atoms with Gasteiger partial charge in [0.25, 0.3) is 0 Å². The van der Waals surface area contributed by atoms with Gasteiger partial charge in [0.1, 0.15) is 0 Å². The lowest BCUT2D eigenvalue weighted by atomic mass is 9.95. The second kappa shape index (κ2) is 8.98. The van der Waals surface area contributed by atoms with Crippen LogP contribution in [0.15, 0.2) is 73.3 Å². The normalized spacial score (nSPS) is 16.3. The number of benzene rings is 2. The first kappa shape index (κ1) is 21.5. The number of fused-ring (bicyclic) bond motifs is 2. The van der Waals surface area contributed by atoms with Crippen molar-refractivity contribution in [3.63, 3.8) is 0 Å². The van der Waals surface area contributed by atoms with Gasteiger partial charge in [-0.2, -0.15) is 5.10 Å². The number of H-pyrrole nitrogens is 1. The first-order chi connectivity index (χ1) is 17.1. The number of rotatable bonds is 5. The molecule has 1 amide bonds. The fourth-order valence-electron chi connectivity index (χ4n) is 5.22. The van der Waals surface area contributed by atoms with Crippen LogP contribution in [-0.4, -0.2) is 45.2 Å². The zero-order valence-corrected chi connectivity index (χ0v) is 19.8. The van der Waals surface area contributed by atoms with E-state index in [2.05, 4.69) is 74.2 Å². The van der Waals surface area contributed by atoms with E-state index in [1.54, 1.807) is 0 Å². The molecule has 2 aromatic heterocycles. The number of nitrogens with one attached hydrogen (secondary N) is 2. The van der Waals surface area contributed by atoms with Gasteiger partial charge in [0.05, 0.1) is 30.2 Å². The van der Waals surface area contributed by atoms with Crippen LogP contribution in [0.5, 0.6) is 0 Å². The van der Waals surface area contributed by atoms with Crippen LogP contribution in [0.3, 0.4) is 0 Å². The topological polar surface area (TPSA) is 69.2 Å². The molecule has 6 rings (SSSR count). The van der Waals surface area contributed by atoms with Crippen LogP contribution in [0.2, 0.25) is 0 Å².